The van der Waals surface area contributed by atoms with Gasteiger partial charge in [-0.3, -0.25) is 14.1 Å². The molecule has 0 bridgehead atoms. The number of carbonyl (C=O) groups excluding carboxylic acids is 2. The fraction of sp³-hybridized carbons (Fsp3) is 0.875. The molecule has 2 atom stereocenters. The van der Waals surface area contributed by atoms with Crippen molar-refractivity contribution >= 4 is 51.6 Å². The average Bonchev–Trinajstić information content (AvgIpc) is 2.49. The van der Waals surface area contributed by atoms with E-state index in [0.717, 1.165) is 12.8 Å². The molecule has 0 spiro atoms. The Kier molecular flexibility index (Phi) is 14.2. The fourth-order valence-corrected chi connectivity index (χ4v) is 3.66. The monoisotopic (exact) mass is 389 g/mol. The van der Waals surface area contributed by atoms with Gasteiger partial charge in [-0.25, -0.2) is 0 Å². The van der Waals surface area contributed by atoms with E-state index in [0.29, 0.717) is 12.8 Å². The van der Waals surface area contributed by atoms with Crippen LogP contribution >= 0.6 is 0 Å². The number of carbonyl (C=O) groups is 2. The van der Waals surface area contributed by atoms with Crippen LogP contribution in [0.2, 0.25) is 0 Å². The van der Waals surface area contributed by atoms with Crippen LogP contribution in [0, 0.1) is 5.92 Å². The standard InChI is InChI=1S/C16H30O7S.Na/c1-5-9-10-13(6-2)11-16(24(19,20)21,15(18)23-8-4)12-14(17)22-7-3;/h13H,5-12H2,1-4H3,(H,19,20,21);. The van der Waals surface area contributed by atoms with Gasteiger partial charge in [0.2, 0.25) is 4.75 Å². The van der Waals surface area contributed by atoms with Crippen LogP contribution in [0.5, 0.6) is 0 Å². The van der Waals surface area contributed by atoms with Gasteiger partial charge in [-0.05, 0) is 26.2 Å². The fourth-order valence-electron chi connectivity index (χ4n) is 2.65. The van der Waals surface area contributed by atoms with Crippen molar-refractivity contribution in [3.05, 3.63) is 0 Å². The molecule has 9 heteroatoms. The molecule has 1 radical (unpaired) electrons. The van der Waals surface area contributed by atoms with E-state index in [1.807, 2.05) is 13.8 Å². The van der Waals surface area contributed by atoms with Gasteiger partial charge in [0.05, 0.1) is 19.6 Å². The summed E-state index contributed by atoms with van der Waals surface area (Å²) in [6.07, 6.45) is 2.20. The van der Waals surface area contributed by atoms with Gasteiger partial charge in [0.25, 0.3) is 10.1 Å². The van der Waals surface area contributed by atoms with E-state index < -0.39 is 33.2 Å². The Morgan fingerprint density at radius 3 is 2.04 bits per heavy atom. The minimum absolute atomic E-state index is 0. The molecular formula is C16H30NaO7S. The number of ether oxygens (including phenoxy) is 2. The van der Waals surface area contributed by atoms with Gasteiger partial charge in [-0.15, -0.1) is 0 Å². The van der Waals surface area contributed by atoms with Gasteiger partial charge >= 0.3 is 11.9 Å². The molecule has 0 aromatic heterocycles. The Bertz CT molecular complexity index is 507. The number of rotatable bonds is 12. The number of hydrogen-bond donors (Lipinski definition) is 1. The van der Waals surface area contributed by atoms with Crippen LogP contribution in [-0.2, 0) is 29.2 Å². The van der Waals surface area contributed by atoms with Crippen molar-refractivity contribution in [2.75, 3.05) is 13.2 Å². The van der Waals surface area contributed by atoms with Gasteiger partial charge in [0.15, 0.2) is 0 Å². The minimum Gasteiger partial charge on any atom is -0.466 e. The summed E-state index contributed by atoms with van der Waals surface area (Å²) < 4.78 is 41.3. The summed E-state index contributed by atoms with van der Waals surface area (Å²) in [4.78, 5) is 24.3. The van der Waals surface area contributed by atoms with E-state index in [9.17, 15) is 22.6 Å². The minimum atomic E-state index is -4.87. The third-order valence-electron chi connectivity index (χ3n) is 4.04. The van der Waals surface area contributed by atoms with Gasteiger partial charge in [0.1, 0.15) is 0 Å². The maximum Gasteiger partial charge on any atom is 0.330 e. The second-order valence-electron chi connectivity index (χ2n) is 5.79. The quantitative estimate of drug-likeness (QED) is 0.310. The van der Waals surface area contributed by atoms with Crippen molar-refractivity contribution in [3.63, 3.8) is 0 Å². The molecule has 0 saturated heterocycles. The van der Waals surface area contributed by atoms with Crippen LogP contribution in [0.1, 0.15) is 66.2 Å². The van der Waals surface area contributed by atoms with Crippen LogP contribution in [-0.4, -0.2) is 72.4 Å². The Labute approximate surface area is 173 Å². The molecule has 0 fully saturated rings. The molecule has 143 valence electrons. The summed E-state index contributed by atoms with van der Waals surface area (Å²) in [5.41, 5.74) is 0. The maximum absolute atomic E-state index is 12.4. The Morgan fingerprint density at radius 1 is 1.08 bits per heavy atom. The third kappa shape index (κ3) is 8.39. The van der Waals surface area contributed by atoms with Crippen molar-refractivity contribution in [1.82, 2.24) is 0 Å². The Morgan fingerprint density at radius 2 is 1.64 bits per heavy atom. The van der Waals surface area contributed by atoms with Crippen molar-refractivity contribution in [2.24, 2.45) is 5.92 Å². The average molecular weight is 389 g/mol. The Hall–Kier alpha value is -0.150. The first-order chi connectivity index (χ1) is 11.2. The normalized spacial score (nSPS) is 14.8. The summed E-state index contributed by atoms with van der Waals surface area (Å²) in [6, 6.07) is 0. The zero-order chi connectivity index (χ0) is 18.8. The molecule has 0 aromatic rings. The Balaban J connectivity index is 0. The molecule has 0 amide bonds. The second-order valence-corrected chi connectivity index (χ2v) is 7.52. The third-order valence-corrected chi connectivity index (χ3v) is 5.50. The van der Waals surface area contributed by atoms with Gasteiger partial charge < -0.3 is 9.47 Å². The summed E-state index contributed by atoms with van der Waals surface area (Å²) in [5.74, 6) is -2.09. The zero-order valence-corrected chi connectivity index (χ0v) is 18.9. The van der Waals surface area contributed by atoms with Crippen molar-refractivity contribution in [2.45, 2.75) is 71.0 Å². The molecule has 2 unspecified atom stereocenters. The topological polar surface area (TPSA) is 107 Å². The van der Waals surface area contributed by atoms with E-state index >= 15 is 0 Å². The van der Waals surface area contributed by atoms with E-state index in [1.54, 1.807) is 6.92 Å². The van der Waals surface area contributed by atoms with Crippen LogP contribution in [0.4, 0.5) is 0 Å². The molecule has 0 aliphatic carbocycles. The van der Waals surface area contributed by atoms with E-state index in [-0.39, 0.29) is 55.1 Å². The van der Waals surface area contributed by atoms with Gasteiger partial charge in [0, 0.05) is 29.6 Å². The van der Waals surface area contributed by atoms with Crippen molar-refractivity contribution in [3.8, 4) is 0 Å². The smallest absolute Gasteiger partial charge is 0.330 e. The molecular weight excluding hydrogens is 359 g/mol. The maximum atomic E-state index is 12.4. The van der Waals surface area contributed by atoms with Crippen LogP contribution in [0.15, 0.2) is 0 Å². The number of esters is 2. The summed E-state index contributed by atoms with van der Waals surface area (Å²) in [6.45, 7) is 7.00. The molecule has 0 aromatic carbocycles. The molecule has 25 heavy (non-hydrogen) atoms. The number of unbranched alkanes of at least 4 members (excludes halogenated alkanes) is 1. The molecule has 0 saturated carbocycles. The van der Waals surface area contributed by atoms with Crippen LogP contribution in [0.25, 0.3) is 0 Å². The van der Waals surface area contributed by atoms with E-state index in [2.05, 4.69) is 0 Å². The predicted octanol–water partition coefficient (Wildman–Crippen LogP) is 2.36. The molecule has 0 rings (SSSR count). The SMILES string of the molecule is CCCCC(CC)CC(CC(=O)OCC)(C(=O)OCC)S(=O)(=O)O.[Na]. The largest absolute Gasteiger partial charge is 0.466 e. The summed E-state index contributed by atoms with van der Waals surface area (Å²) >= 11 is 0. The van der Waals surface area contributed by atoms with Crippen LogP contribution < -0.4 is 0 Å². The molecule has 0 heterocycles. The van der Waals surface area contributed by atoms with Crippen molar-refractivity contribution in [1.29, 1.82) is 0 Å². The molecule has 0 aliphatic heterocycles. The zero-order valence-electron chi connectivity index (χ0n) is 16.0. The molecule has 7 nitrogen and oxygen atoms in total. The van der Waals surface area contributed by atoms with Gasteiger partial charge in [-0.2, -0.15) is 8.42 Å². The first-order valence-corrected chi connectivity index (χ1v) is 9.92. The molecule has 1 N–H and O–H groups in total. The molecule has 0 aliphatic rings. The second kappa shape index (κ2) is 13.1. The van der Waals surface area contributed by atoms with E-state index in [4.69, 9.17) is 9.47 Å². The first kappa shape index (κ1) is 27.1. The number of hydrogen-bond acceptors (Lipinski definition) is 6. The predicted molar refractivity (Wildman–Crippen MR) is 95.8 cm³/mol. The van der Waals surface area contributed by atoms with E-state index in [1.165, 1.54) is 6.92 Å². The van der Waals surface area contributed by atoms with Gasteiger partial charge in [-0.1, -0.05) is 39.5 Å². The first-order valence-electron chi connectivity index (χ1n) is 8.48. The summed E-state index contributed by atoms with van der Waals surface area (Å²) in [7, 11) is -4.87. The van der Waals surface area contributed by atoms with Crippen LogP contribution in [0.3, 0.4) is 0 Å². The summed E-state index contributed by atoms with van der Waals surface area (Å²) in [5, 5.41) is 0. The van der Waals surface area contributed by atoms with Crippen molar-refractivity contribution < 1.29 is 32.0 Å².